The van der Waals surface area contributed by atoms with Gasteiger partial charge in [-0.15, -0.1) is 0 Å². The number of rotatable bonds is 4. The molecule has 0 spiro atoms. The van der Waals surface area contributed by atoms with Gasteiger partial charge < -0.3 is 4.57 Å². The summed E-state index contributed by atoms with van der Waals surface area (Å²) in [6, 6.07) is 12.0. The Bertz CT molecular complexity index is 1380. The van der Waals surface area contributed by atoms with Crippen LogP contribution in [0, 0.1) is 11.6 Å². The van der Waals surface area contributed by atoms with Crippen LogP contribution in [-0.4, -0.2) is 29.1 Å². The van der Waals surface area contributed by atoms with Crippen molar-refractivity contribution in [1.29, 1.82) is 0 Å². The van der Waals surface area contributed by atoms with E-state index in [-0.39, 0.29) is 18.2 Å². The lowest BCUT2D eigenvalue weighted by atomic mass is 10.2. The van der Waals surface area contributed by atoms with Crippen LogP contribution in [0.4, 0.5) is 8.78 Å². The van der Waals surface area contributed by atoms with Crippen LogP contribution >= 0.6 is 0 Å². The fraction of sp³-hybridized carbons (Fsp3) is 0.0952. The molecule has 0 unspecified atom stereocenters. The van der Waals surface area contributed by atoms with Crippen molar-refractivity contribution in [3.8, 4) is 11.5 Å². The van der Waals surface area contributed by atoms with Crippen molar-refractivity contribution >= 4 is 11.2 Å². The lowest BCUT2D eigenvalue weighted by Crippen LogP contribution is -2.17. The molecular weight excluding hydrogens is 390 g/mol. The molecule has 30 heavy (non-hydrogen) atoms. The smallest absolute Gasteiger partial charge is 0.311 e. The fourth-order valence-electron chi connectivity index (χ4n) is 3.35. The zero-order valence-electron chi connectivity index (χ0n) is 15.5. The first-order valence-corrected chi connectivity index (χ1v) is 9.14. The fourth-order valence-corrected chi connectivity index (χ4v) is 3.35. The highest BCUT2D eigenvalue weighted by Crippen LogP contribution is 2.23. The summed E-state index contributed by atoms with van der Waals surface area (Å²) < 4.78 is 29.5. The highest BCUT2D eigenvalue weighted by molar-refractivity contribution is 5.85. The molecule has 2 aliphatic heterocycles. The van der Waals surface area contributed by atoms with Gasteiger partial charge in [-0.3, -0.25) is 4.57 Å². The molecule has 3 aromatic rings. The minimum absolute atomic E-state index is 0.199. The first-order valence-electron chi connectivity index (χ1n) is 9.14. The molecule has 0 amide bonds. The van der Waals surface area contributed by atoms with E-state index < -0.39 is 5.69 Å². The number of imidazole rings is 2. The zero-order chi connectivity index (χ0) is 20.7. The Kier molecular flexibility index (Phi) is 4.27. The van der Waals surface area contributed by atoms with Gasteiger partial charge in [0.25, 0.3) is 0 Å². The van der Waals surface area contributed by atoms with Gasteiger partial charge in [0, 0.05) is 0 Å². The first-order chi connectivity index (χ1) is 14.6. The Hall–Kier alpha value is -4.01. The van der Waals surface area contributed by atoms with Crippen molar-refractivity contribution in [2.75, 3.05) is 0 Å². The highest BCUT2D eigenvalue weighted by Gasteiger charge is 2.21. The standard InChI is InChI=1S/C21H14F2N6O/c22-15-5-1-13(2-6-15)9-28-12-26-17-18-20(25-11-24-19(17)28)29(21(30)27-18)10-14-3-7-16(23)8-4-14/h1-8,11-12H,9-10H2. The largest absolute Gasteiger partial charge is 0.350 e. The molecule has 148 valence electrons. The van der Waals surface area contributed by atoms with Gasteiger partial charge in [0.05, 0.1) is 19.4 Å². The summed E-state index contributed by atoms with van der Waals surface area (Å²) in [6.07, 6.45) is 2.96. The third-order valence-corrected chi connectivity index (χ3v) is 4.82. The van der Waals surface area contributed by atoms with Gasteiger partial charge >= 0.3 is 5.69 Å². The van der Waals surface area contributed by atoms with E-state index in [9.17, 15) is 13.6 Å². The Balaban J connectivity index is 1.56. The minimum atomic E-state index is -0.470. The third kappa shape index (κ3) is 3.20. The number of fused-ring (bicyclic) bond motifs is 3. The summed E-state index contributed by atoms with van der Waals surface area (Å²) >= 11 is 0. The van der Waals surface area contributed by atoms with E-state index in [1.165, 1.54) is 35.2 Å². The second-order valence-corrected chi connectivity index (χ2v) is 6.82. The molecule has 0 fully saturated rings. The van der Waals surface area contributed by atoms with Crippen molar-refractivity contribution in [2.24, 2.45) is 0 Å². The molecule has 0 saturated heterocycles. The van der Waals surface area contributed by atoms with Crippen molar-refractivity contribution in [1.82, 2.24) is 29.1 Å². The Morgan fingerprint density at radius 3 is 2.10 bits per heavy atom. The molecule has 0 atom stereocenters. The predicted molar refractivity (Wildman–Crippen MR) is 105 cm³/mol. The number of halogens is 2. The normalized spacial score (nSPS) is 11.4. The van der Waals surface area contributed by atoms with E-state index >= 15 is 0 Å². The molecule has 0 radical (unpaired) electrons. The Labute approximate surface area is 168 Å². The summed E-state index contributed by atoms with van der Waals surface area (Å²) in [7, 11) is 0. The molecule has 0 aliphatic carbocycles. The minimum Gasteiger partial charge on any atom is -0.311 e. The van der Waals surface area contributed by atoms with Crippen LogP contribution in [0.25, 0.3) is 22.7 Å². The zero-order valence-corrected chi connectivity index (χ0v) is 15.5. The van der Waals surface area contributed by atoms with Gasteiger partial charge in [0.15, 0.2) is 11.5 Å². The van der Waals surface area contributed by atoms with E-state index in [4.69, 9.17) is 0 Å². The van der Waals surface area contributed by atoms with Crippen LogP contribution in [0.15, 0.2) is 66.0 Å². The van der Waals surface area contributed by atoms with Gasteiger partial charge in [-0.2, -0.15) is 4.98 Å². The number of nitrogens with zero attached hydrogens (tertiary/aromatic N) is 6. The SMILES string of the molecule is O=c1nc2c3ncn(Cc4ccc(F)cc4)c3ncnc-2n1Cc1ccc(F)cc1. The maximum Gasteiger partial charge on any atom is 0.350 e. The van der Waals surface area contributed by atoms with Crippen molar-refractivity contribution in [3.63, 3.8) is 0 Å². The molecule has 5 rings (SSSR count). The second-order valence-electron chi connectivity index (χ2n) is 6.82. The van der Waals surface area contributed by atoms with Gasteiger partial charge in [-0.1, -0.05) is 24.3 Å². The lowest BCUT2D eigenvalue weighted by Gasteiger charge is -2.03. The maximum absolute atomic E-state index is 13.2. The number of hydrogen-bond donors (Lipinski definition) is 0. The van der Waals surface area contributed by atoms with Crippen LogP contribution in [0.5, 0.6) is 0 Å². The molecule has 0 saturated carbocycles. The quantitative estimate of drug-likeness (QED) is 0.460. The van der Waals surface area contributed by atoms with Gasteiger partial charge in [0.1, 0.15) is 29.2 Å². The van der Waals surface area contributed by atoms with Crippen molar-refractivity contribution in [3.05, 3.63) is 94.4 Å². The average Bonchev–Trinajstić information content (AvgIpc) is 3.21. The summed E-state index contributed by atoms with van der Waals surface area (Å²) in [5, 5.41) is 0. The first kappa shape index (κ1) is 18.0. The van der Waals surface area contributed by atoms with Crippen LogP contribution in [0.3, 0.4) is 0 Å². The molecule has 2 aliphatic rings. The lowest BCUT2D eigenvalue weighted by molar-refractivity contribution is 0.626. The summed E-state index contributed by atoms with van der Waals surface area (Å²) in [5.74, 6) is -0.308. The predicted octanol–water partition coefficient (Wildman–Crippen LogP) is 2.86. The number of aromatic nitrogens is 6. The highest BCUT2D eigenvalue weighted by atomic mass is 19.1. The summed E-state index contributed by atoms with van der Waals surface area (Å²) in [4.78, 5) is 29.7. The molecule has 0 N–H and O–H groups in total. The van der Waals surface area contributed by atoms with Crippen LogP contribution in [0.2, 0.25) is 0 Å². The Morgan fingerprint density at radius 2 is 1.43 bits per heavy atom. The average molecular weight is 404 g/mol. The van der Waals surface area contributed by atoms with E-state index in [1.807, 2.05) is 0 Å². The second kappa shape index (κ2) is 7.11. The molecule has 3 heterocycles. The van der Waals surface area contributed by atoms with Gasteiger partial charge in [-0.25, -0.2) is 28.5 Å². The van der Waals surface area contributed by atoms with E-state index in [1.54, 1.807) is 35.2 Å². The van der Waals surface area contributed by atoms with Crippen LogP contribution < -0.4 is 5.69 Å². The molecule has 2 aromatic carbocycles. The topological polar surface area (TPSA) is 78.5 Å². The van der Waals surface area contributed by atoms with E-state index in [0.29, 0.717) is 29.2 Å². The van der Waals surface area contributed by atoms with Gasteiger partial charge in [-0.05, 0) is 35.4 Å². The summed E-state index contributed by atoms with van der Waals surface area (Å²) in [6.45, 7) is 0.625. The summed E-state index contributed by atoms with van der Waals surface area (Å²) in [5.41, 5.74) is 2.44. The third-order valence-electron chi connectivity index (χ3n) is 4.82. The maximum atomic E-state index is 13.2. The molecule has 9 heteroatoms. The molecular formula is C21H14F2N6O. The van der Waals surface area contributed by atoms with E-state index in [0.717, 1.165) is 11.1 Å². The Morgan fingerprint density at radius 1 is 0.800 bits per heavy atom. The number of benzene rings is 2. The van der Waals surface area contributed by atoms with Crippen molar-refractivity contribution in [2.45, 2.75) is 13.1 Å². The van der Waals surface area contributed by atoms with Crippen molar-refractivity contribution < 1.29 is 8.78 Å². The molecule has 0 bridgehead atoms. The molecule has 1 aromatic heterocycles. The number of hydrogen-bond acceptors (Lipinski definition) is 5. The monoisotopic (exact) mass is 404 g/mol. The molecule has 7 nitrogen and oxygen atoms in total. The van der Waals surface area contributed by atoms with E-state index in [2.05, 4.69) is 19.9 Å². The van der Waals surface area contributed by atoms with Crippen LogP contribution in [-0.2, 0) is 13.1 Å². The van der Waals surface area contributed by atoms with Gasteiger partial charge in [0.2, 0.25) is 0 Å². The van der Waals surface area contributed by atoms with Crippen LogP contribution in [0.1, 0.15) is 11.1 Å².